The molecule has 38 heavy (non-hydrogen) atoms. The van der Waals surface area contributed by atoms with E-state index in [1.54, 1.807) is 42.0 Å². The van der Waals surface area contributed by atoms with Crippen LogP contribution in [-0.2, 0) is 6.54 Å². The summed E-state index contributed by atoms with van der Waals surface area (Å²) >= 11 is 0. The Balaban J connectivity index is 1.29. The molecule has 0 spiro atoms. The van der Waals surface area contributed by atoms with Crippen molar-refractivity contribution in [1.29, 1.82) is 5.26 Å². The molecule has 1 saturated carbocycles. The van der Waals surface area contributed by atoms with Crippen LogP contribution in [0.3, 0.4) is 0 Å². The van der Waals surface area contributed by atoms with E-state index in [-0.39, 0.29) is 18.1 Å². The van der Waals surface area contributed by atoms with E-state index in [1.165, 1.54) is 0 Å². The molecule has 5 rings (SSSR count). The second-order valence-corrected chi connectivity index (χ2v) is 9.21. The highest BCUT2D eigenvalue weighted by Gasteiger charge is 2.31. The number of carbonyl (C=O) groups is 1. The zero-order valence-corrected chi connectivity index (χ0v) is 20.9. The Bertz CT molecular complexity index is 1360. The summed E-state index contributed by atoms with van der Waals surface area (Å²) in [6.45, 7) is 0.429. The molecule has 1 fully saturated rings. The Morgan fingerprint density at radius 2 is 1.76 bits per heavy atom. The first-order valence-corrected chi connectivity index (χ1v) is 12.7. The summed E-state index contributed by atoms with van der Waals surface area (Å²) in [6.07, 6.45) is 11.7. The van der Waals surface area contributed by atoms with Gasteiger partial charge in [0.05, 0.1) is 23.7 Å². The van der Waals surface area contributed by atoms with Crippen molar-refractivity contribution in [1.82, 2.24) is 25.3 Å². The Morgan fingerprint density at radius 1 is 0.921 bits per heavy atom. The lowest BCUT2D eigenvalue weighted by Gasteiger charge is -2.36. The summed E-state index contributed by atoms with van der Waals surface area (Å²) in [5, 5.41) is 15.5. The van der Waals surface area contributed by atoms with Crippen molar-refractivity contribution in [2.24, 2.45) is 0 Å². The number of aromatic nitrogens is 4. The molecule has 190 valence electrons. The second kappa shape index (κ2) is 11.9. The van der Waals surface area contributed by atoms with Crippen molar-refractivity contribution in [3.05, 3.63) is 96.7 Å². The van der Waals surface area contributed by atoms with Gasteiger partial charge in [-0.15, -0.1) is 0 Å². The summed E-state index contributed by atoms with van der Waals surface area (Å²) in [5.41, 5.74) is 3.14. The van der Waals surface area contributed by atoms with Gasteiger partial charge in [-0.2, -0.15) is 5.26 Å². The maximum Gasteiger partial charge on any atom is 0.323 e. The molecule has 3 aromatic heterocycles. The fraction of sp³-hybridized carbons (Fsp3) is 0.241. The molecule has 1 aromatic carbocycles. The van der Waals surface area contributed by atoms with Crippen molar-refractivity contribution < 1.29 is 4.79 Å². The number of anilines is 2. The average molecular weight is 505 g/mol. The van der Waals surface area contributed by atoms with E-state index in [4.69, 9.17) is 5.26 Å². The number of nitriles is 1. The fourth-order valence-corrected chi connectivity index (χ4v) is 4.66. The minimum atomic E-state index is -0.192. The van der Waals surface area contributed by atoms with Gasteiger partial charge in [0.25, 0.3) is 0 Å². The maximum absolute atomic E-state index is 13.5. The largest absolute Gasteiger partial charge is 0.367 e. The van der Waals surface area contributed by atoms with E-state index in [9.17, 15) is 4.79 Å². The molecule has 0 unspecified atom stereocenters. The van der Waals surface area contributed by atoms with E-state index >= 15 is 0 Å². The number of carbonyl (C=O) groups excluding carboxylic acids is 1. The molecule has 0 radical (unpaired) electrons. The lowest BCUT2D eigenvalue weighted by molar-refractivity contribution is 0.240. The van der Waals surface area contributed by atoms with Crippen LogP contribution in [0.2, 0.25) is 0 Å². The van der Waals surface area contributed by atoms with E-state index < -0.39 is 0 Å². The molecule has 2 amide bonds. The summed E-state index contributed by atoms with van der Waals surface area (Å²) in [6, 6.07) is 19.3. The third kappa shape index (κ3) is 6.10. The number of amides is 2. The lowest BCUT2D eigenvalue weighted by Crippen LogP contribution is -2.49. The molecule has 3 heterocycles. The number of hydrogen-bond acceptors (Lipinski definition) is 7. The first kappa shape index (κ1) is 24.8. The summed E-state index contributed by atoms with van der Waals surface area (Å²) in [7, 11) is 0. The van der Waals surface area contributed by atoms with Crippen LogP contribution in [0.5, 0.6) is 0 Å². The first-order valence-electron chi connectivity index (χ1n) is 12.7. The van der Waals surface area contributed by atoms with Gasteiger partial charge in [0.1, 0.15) is 11.9 Å². The van der Waals surface area contributed by atoms with Gasteiger partial charge in [0, 0.05) is 42.8 Å². The Hall–Kier alpha value is -4.84. The monoisotopic (exact) mass is 504 g/mol. The molecule has 1 aliphatic rings. The van der Waals surface area contributed by atoms with Gasteiger partial charge < -0.3 is 10.6 Å². The van der Waals surface area contributed by atoms with Gasteiger partial charge in [-0.1, -0.05) is 30.3 Å². The van der Waals surface area contributed by atoms with Gasteiger partial charge >= 0.3 is 6.03 Å². The van der Waals surface area contributed by atoms with Crippen LogP contribution in [0.25, 0.3) is 11.3 Å². The Labute approximate surface area is 221 Å². The molecule has 2 N–H and O–H groups in total. The molecule has 9 nitrogen and oxygen atoms in total. The van der Waals surface area contributed by atoms with E-state index in [0.717, 1.165) is 42.6 Å². The Kier molecular flexibility index (Phi) is 7.80. The number of nitrogens with one attached hydrogen (secondary N) is 2. The highest BCUT2D eigenvalue weighted by atomic mass is 16.2. The third-order valence-electron chi connectivity index (χ3n) is 6.65. The van der Waals surface area contributed by atoms with Crippen molar-refractivity contribution in [2.45, 2.75) is 44.3 Å². The standard InChI is InChI=1S/C29H28N8O/c30-15-22-8-13-27(33-17-22)36-24-9-11-25(12-10-24)37(29(38)35-16-21-5-2-1-3-6-21)28-20-32-26(19-34-28)23-7-4-14-31-18-23/h1-8,13-14,17-20,24-25H,9-12,16H2,(H,33,36)(H,35,38)/t24-,25-. The molecule has 0 aliphatic heterocycles. The van der Waals surface area contributed by atoms with Crippen molar-refractivity contribution in [2.75, 3.05) is 10.2 Å². The number of pyridine rings is 2. The summed E-state index contributed by atoms with van der Waals surface area (Å²) in [4.78, 5) is 32.9. The van der Waals surface area contributed by atoms with Gasteiger partial charge in [-0.05, 0) is 55.5 Å². The van der Waals surface area contributed by atoms with E-state index in [2.05, 4.69) is 36.6 Å². The predicted molar refractivity (Wildman–Crippen MR) is 145 cm³/mol. The van der Waals surface area contributed by atoms with E-state index in [0.29, 0.717) is 23.6 Å². The van der Waals surface area contributed by atoms with Crippen LogP contribution in [0.15, 0.2) is 85.6 Å². The highest BCUT2D eigenvalue weighted by molar-refractivity contribution is 5.91. The van der Waals surface area contributed by atoms with Gasteiger partial charge in [-0.3, -0.25) is 14.9 Å². The lowest BCUT2D eigenvalue weighted by atomic mass is 9.90. The van der Waals surface area contributed by atoms with Crippen LogP contribution in [-0.4, -0.2) is 38.1 Å². The normalized spacial score (nSPS) is 16.7. The molecule has 0 atom stereocenters. The molecule has 4 aromatic rings. The average Bonchev–Trinajstić information content (AvgIpc) is 2.99. The number of rotatable bonds is 7. The molecular formula is C29H28N8O. The van der Waals surface area contributed by atoms with Crippen molar-refractivity contribution in [3.8, 4) is 17.3 Å². The zero-order valence-electron chi connectivity index (χ0n) is 20.9. The number of hydrogen-bond donors (Lipinski definition) is 2. The topological polar surface area (TPSA) is 120 Å². The van der Waals surface area contributed by atoms with Crippen LogP contribution in [0.1, 0.15) is 36.8 Å². The second-order valence-electron chi connectivity index (χ2n) is 9.21. The van der Waals surface area contributed by atoms with Gasteiger partial charge in [-0.25, -0.2) is 14.8 Å². The third-order valence-corrected chi connectivity index (χ3v) is 6.65. The van der Waals surface area contributed by atoms with Gasteiger partial charge in [0.2, 0.25) is 0 Å². The summed E-state index contributed by atoms with van der Waals surface area (Å²) in [5.74, 6) is 1.27. The Morgan fingerprint density at radius 3 is 2.42 bits per heavy atom. The van der Waals surface area contributed by atoms with Crippen molar-refractivity contribution in [3.63, 3.8) is 0 Å². The van der Waals surface area contributed by atoms with Crippen LogP contribution in [0.4, 0.5) is 16.4 Å². The molecular weight excluding hydrogens is 476 g/mol. The first-order chi connectivity index (χ1) is 18.7. The molecule has 1 aliphatic carbocycles. The molecule has 0 bridgehead atoms. The van der Waals surface area contributed by atoms with Crippen LogP contribution < -0.4 is 15.5 Å². The van der Waals surface area contributed by atoms with Crippen LogP contribution in [0, 0.1) is 11.3 Å². The fourth-order valence-electron chi connectivity index (χ4n) is 4.66. The van der Waals surface area contributed by atoms with Crippen molar-refractivity contribution >= 4 is 17.7 Å². The molecule has 0 saturated heterocycles. The SMILES string of the molecule is N#Cc1ccc(N[C@H]2CC[C@H](N(C(=O)NCc3ccccc3)c3cnc(-c4cccnc4)cn3)CC2)nc1. The number of nitrogens with zero attached hydrogens (tertiary/aromatic N) is 6. The smallest absolute Gasteiger partial charge is 0.323 e. The maximum atomic E-state index is 13.5. The molecule has 9 heteroatoms. The van der Waals surface area contributed by atoms with Crippen LogP contribution >= 0.6 is 0 Å². The number of urea groups is 1. The quantitative estimate of drug-likeness (QED) is 0.366. The van der Waals surface area contributed by atoms with E-state index in [1.807, 2.05) is 48.5 Å². The zero-order chi connectivity index (χ0) is 26.2. The predicted octanol–water partition coefficient (Wildman–Crippen LogP) is 4.94. The minimum Gasteiger partial charge on any atom is -0.367 e. The minimum absolute atomic E-state index is 0.0173. The summed E-state index contributed by atoms with van der Waals surface area (Å²) < 4.78 is 0. The highest BCUT2D eigenvalue weighted by Crippen LogP contribution is 2.29. The number of benzene rings is 1. The van der Waals surface area contributed by atoms with Gasteiger partial charge in [0.15, 0.2) is 5.82 Å².